The highest BCUT2D eigenvalue weighted by Crippen LogP contribution is 2.32. The molecule has 0 bridgehead atoms. The van der Waals surface area contributed by atoms with Gasteiger partial charge in [0.2, 0.25) is 0 Å². The first-order valence-electron chi connectivity index (χ1n) is 9.28. The third-order valence-electron chi connectivity index (χ3n) is 5.05. The fraction of sp³-hybridized carbons (Fsp3) is 0.300. The van der Waals surface area contributed by atoms with Crippen molar-refractivity contribution in [3.05, 3.63) is 66.1 Å². The van der Waals surface area contributed by atoms with Crippen molar-refractivity contribution >= 4 is 39.3 Å². The Balaban J connectivity index is 1.82. The molecule has 1 atom stereocenters. The zero-order chi connectivity index (χ0) is 20.5. The summed E-state index contributed by atoms with van der Waals surface area (Å²) in [5.41, 5.74) is 2.48. The van der Waals surface area contributed by atoms with Gasteiger partial charge in [0, 0.05) is 30.7 Å². The Labute approximate surface area is 175 Å². The standard InChI is InChI=1S/C20H23N5O2S2/c1-24(2)11-9-17-14-25(19-13-21-10-8-18(17)19)29(26,27)20(15-22-28-23-20)12-16-6-4-3-5-7-16/h3-8,10,13-15,23H,9,11-12H2,1-2H3. The first-order valence-corrected chi connectivity index (χ1v) is 11.5. The number of pyridine rings is 1. The Morgan fingerprint density at radius 1 is 1.21 bits per heavy atom. The molecule has 0 spiro atoms. The second kappa shape index (κ2) is 7.91. The van der Waals surface area contributed by atoms with Gasteiger partial charge in [0.25, 0.3) is 10.0 Å². The predicted molar refractivity (Wildman–Crippen MR) is 118 cm³/mol. The average Bonchev–Trinajstić information content (AvgIpc) is 3.33. The lowest BCUT2D eigenvalue weighted by Gasteiger charge is -2.26. The molecule has 152 valence electrons. The molecule has 0 saturated heterocycles. The lowest BCUT2D eigenvalue weighted by molar-refractivity contribution is 0.414. The van der Waals surface area contributed by atoms with E-state index in [4.69, 9.17) is 0 Å². The number of likely N-dealkylation sites (N-methyl/N-ethyl adjacent to an activating group) is 1. The Kier molecular flexibility index (Phi) is 5.48. The van der Waals surface area contributed by atoms with E-state index < -0.39 is 14.9 Å². The number of hydrogen-bond donors (Lipinski definition) is 1. The maximum atomic E-state index is 13.9. The summed E-state index contributed by atoms with van der Waals surface area (Å²) in [6, 6.07) is 11.5. The summed E-state index contributed by atoms with van der Waals surface area (Å²) in [5, 5.41) is 0.905. The van der Waals surface area contributed by atoms with Crippen LogP contribution in [0.2, 0.25) is 0 Å². The lowest BCUT2D eigenvalue weighted by Crippen LogP contribution is -2.52. The minimum absolute atomic E-state index is 0.277. The number of nitrogens with one attached hydrogen (secondary N) is 1. The van der Waals surface area contributed by atoms with E-state index >= 15 is 0 Å². The fourth-order valence-corrected chi connectivity index (χ4v) is 6.19. The van der Waals surface area contributed by atoms with E-state index in [1.165, 1.54) is 10.2 Å². The highest BCUT2D eigenvalue weighted by atomic mass is 32.2. The van der Waals surface area contributed by atoms with Crippen molar-refractivity contribution in [2.24, 2.45) is 4.40 Å². The van der Waals surface area contributed by atoms with Gasteiger partial charge < -0.3 is 4.90 Å². The van der Waals surface area contributed by atoms with E-state index in [-0.39, 0.29) is 6.42 Å². The number of rotatable bonds is 7. The first-order chi connectivity index (χ1) is 13.9. The minimum Gasteiger partial charge on any atom is -0.309 e. The summed E-state index contributed by atoms with van der Waals surface area (Å²) in [6.45, 7) is 0.826. The molecule has 0 saturated carbocycles. The van der Waals surface area contributed by atoms with Gasteiger partial charge in [-0.3, -0.25) is 4.98 Å². The maximum absolute atomic E-state index is 13.9. The molecule has 0 amide bonds. The van der Waals surface area contributed by atoms with Crippen LogP contribution in [-0.2, 0) is 22.9 Å². The van der Waals surface area contributed by atoms with Crippen LogP contribution in [0.25, 0.3) is 10.9 Å². The van der Waals surface area contributed by atoms with Gasteiger partial charge in [-0.05, 0) is 37.7 Å². The summed E-state index contributed by atoms with van der Waals surface area (Å²) < 4.78 is 36.3. The quantitative estimate of drug-likeness (QED) is 0.582. The molecule has 0 radical (unpaired) electrons. The monoisotopic (exact) mass is 429 g/mol. The molecule has 7 nitrogen and oxygen atoms in total. The summed E-state index contributed by atoms with van der Waals surface area (Å²) in [4.78, 5) is 4.92. The molecule has 1 unspecified atom stereocenters. The van der Waals surface area contributed by atoms with Crippen molar-refractivity contribution in [2.45, 2.75) is 17.7 Å². The Bertz CT molecular complexity index is 1140. The number of nitrogens with zero attached hydrogens (tertiary/aromatic N) is 4. The summed E-state index contributed by atoms with van der Waals surface area (Å²) in [6.07, 6.45) is 7.57. The van der Waals surface area contributed by atoms with Crippen LogP contribution >= 0.6 is 12.1 Å². The molecular formula is C20H23N5O2S2. The summed E-state index contributed by atoms with van der Waals surface area (Å²) in [7, 11) is 0.144. The largest absolute Gasteiger partial charge is 0.309 e. The zero-order valence-corrected chi connectivity index (χ0v) is 17.9. The molecule has 3 heterocycles. The lowest BCUT2D eigenvalue weighted by atomic mass is 10.1. The van der Waals surface area contributed by atoms with Gasteiger partial charge in [-0.15, -0.1) is 0 Å². The van der Waals surface area contributed by atoms with Crippen molar-refractivity contribution in [3.63, 3.8) is 0 Å². The molecule has 1 aliphatic heterocycles. The van der Waals surface area contributed by atoms with Gasteiger partial charge >= 0.3 is 0 Å². The van der Waals surface area contributed by atoms with Crippen molar-refractivity contribution < 1.29 is 8.42 Å². The number of benzene rings is 1. The predicted octanol–water partition coefficient (Wildman–Crippen LogP) is 2.49. The van der Waals surface area contributed by atoms with Crippen molar-refractivity contribution in [1.29, 1.82) is 0 Å². The van der Waals surface area contributed by atoms with Crippen LogP contribution < -0.4 is 4.72 Å². The molecule has 9 heteroatoms. The summed E-state index contributed by atoms with van der Waals surface area (Å²) in [5.74, 6) is 0. The van der Waals surface area contributed by atoms with E-state index in [1.54, 1.807) is 18.6 Å². The van der Waals surface area contributed by atoms with Crippen LogP contribution in [0.5, 0.6) is 0 Å². The zero-order valence-electron chi connectivity index (χ0n) is 16.3. The van der Waals surface area contributed by atoms with Crippen molar-refractivity contribution in [1.82, 2.24) is 18.6 Å². The van der Waals surface area contributed by atoms with Crippen LogP contribution in [0.4, 0.5) is 0 Å². The van der Waals surface area contributed by atoms with Gasteiger partial charge in [0.05, 0.1) is 30.1 Å². The van der Waals surface area contributed by atoms with Crippen LogP contribution in [0.1, 0.15) is 11.1 Å². The van der Waals surface area contributed by atoms with E-state index in [0.29, 0.717) is 5.52 Å². The first kappa shape index (κ1) is 20.1. The Hall–Kier alpha value is -2.20. The second-order valence-corrected chi connectivity index (χ2v) is 10.1. The molecule has 0 aliphatic carbocycles. The van der Waals surface area contributed by atoms with E-state index in [9.17, 15) is 8.42 Å². The van der Waals surface area contributed by atoms with Crippen LogP contribution in [-0.4, -0.2) is 54.0 Å². The molecule has 2 aromatic heterocycles. The highest BCUT2D eigenvalue weighted by Gasteiger charge is 2.47. The van der Waals surface area contributed by atoms with Gasteiger partial charge in [0.1, 0.15) is 0 Å². The van der Waals surface area contributed by atoms with E-state index in [1.807, 2.05) is 50.5 Å². The molecule has 29 heavy (non-hydrogen) atoms. The molecule has 0 fully saturated rings. The third kappa shape index (κ3) is 3.71. The SMILES string of the molecule is CN(C)CCc1cn(S(=O)(=O)C2(Cc3ccccc3)C=NSN2)c2cnccc12. The second-order valence-electron chi connectivity index (χ2n) is 7.38. The maximum Gasteiger partial charge on any atom is 0.264 e. The van der Waals surface area contributed by atoms with Crippen molar-refractivity contribution in [2.75, 3.05) is 20.6 Å². The van der Waals surface area contributed by atoms with Gasteiger partial charge in [-0.2, -0.15) is 0 Å². The number of fused-ring (bicyclic) bond motifs is 1. The molecule has 1 N–H and O–H groups in total. The molecule has 1 aromatic carbocycles. The average molecular weight is 430 g/mol. The molecule has 4 rings (SSSR count). The number of hydrogen-bond acceptors (Lipinski definition) is 7. The van der Waals surface area contributed by atoms with Crippen molar-refractivity contribution in [3.8, 4) is 0 Å². The summed E-state index contributed by atoms with van der Waals surface area (Å²) >= 11 is 1.05. The minimum atomic E-state index is -3.86. The van der Waals surface area contributed by atoms with Gasteiger partial charge in [-0.25, -0.2) is 21.5 Å². The van der Waals surface area contributed by atoms with E-state index in [0.717, 1.165) is 41.6 Å². The molecule has 3 aromatic rings. The Morgan fingerprint density at radius 2 is 2.00 bits per heavy atom. The number of aromatic nitrogens is 2. The normalized spacial score (nSPS) is 19.4. The van der Waals surface area contributed by atoms with Crippen LogP contribution in [0.15, 0.2) is 59.4 Å². The topological polar surface area (TPSA) is 79.6 Å². The van der Waals surface area contributed by atoms with Gasteiger partial charge in [-0.1, -0.05) is 30.3 Å². The highest BCUT2D eigenvalue weighted by molar-refractivity contribution is 7.99. The smallest absolute Gasteiger partial charge is 0.264 e. The van der Waals surface area contributed by atoms with E-state index in [2.05, 4.69) is 19.0 Å². The van der Waals surface area contributed by atoms with Crippen LogP contribution in [0.3, 0.4) is 0 Å². The van der Waals surface area contributed by atoms with Crippen LogP contribution in [0, 0.1) is 0 Å². The molecule has 1 aliphatic rings. The fourth-order valence-electron chi connectivity index (χ4n) is 3.46. The third-order valence-corrected chi connectivity index (χ3v) is 7.93. The van der Waals surface area contributed by atoms with Gasteiger partial charge in [0.15, 0.2) is 4.87 Å². The Morgan fingerprint density at radius 3 is 2.69 bits per heavy atom. The molecular weight excluding hydrogens is 406 g/mol.